The minimum atomic E-state index is -0.430. The summed E-state index contributed by atoms with van der Waals surface area (Å²) in [6, 6.07) is 9.86. The average Bonchev–Trinajstić information content (AvgIpc) is 2.81. The van der Waals surface area contributed by atoms with Crippen molar-refractivity contribution in [3.05, 3.63) is 52.0 Å². The molecule has 9 heteroatoms. The highest BCUT2D eigenvalue weighted by atomic mass is 35.5. The Bertz CT molecular complexity index is 965. The van der Waals surface area contributed by atoms with Crippen molar-refractivity contribution in [1.82, 2.24) is 5.32 Å². The zero-order valence-electron chi connectivity index (χ0n) is 18.8. The maximum atomic E-state index is 12.7. The van der Waals surface area contributed by atoms with Crippen LogP contribution in [-0.2, 0) is 4.74 Å². The van der Waals surface area contributed by atoms with Gasteiger partial charge in [0.2, 0.25) is 0 Å². The summed E-state index contributed by atoms with van der Waals surface area (Å²) in [6.07, 6.45) is 4.12. The molecule has 0 aromatic heterocycles. The summed E-state index contributed by atoms with van der Waals surface area (Å²) in [4.78, 5) is 27.6. The number of ether oxygens (including phenoxy) is 1. The van der Waals surface area contributed by atoms with Crippen molar-refractivity contribution in [1.29, 1.82) is 0 Å². The third kappa shape index (κ3) is 7.52. The Morgan fingerprint density at radius 3 is 2.52 bits per heavy atom. The molecular weight excluding hydrogens is 463 g/mol. The lowest BCUT2D eigenvalue weighted by atomic mass is 10.1. The number of hydrogen-bond acceptors (Lipinski definition) is 4. The van der Waals surface area contributed by atoms with E-state index < -0.39 is 6.03 Å². The first-order valence-corrected chi connectivity index (χ1v) is 12.0. The van der Waals surface area contributed by atoms with Crippen molar-refractivity contribution in [2.24, 2.45) is 0 Å². The molecule has 0 atom stereocenters. The van der Waals surface area contributed by atoms with Crippen LogP contribution in [0.4, 0.5) is 21.9 Å². The van der Waals surface area contributed by atoms with Gasteiger partial charge < -0.3 is 25.6 Å². The van der Waals surface area contributed by atoms with Gasteiger partial charge in [-0.05, 0) is 69.0 Å². The summed E-state index contributed by atoms with van der Waals surface area (Å²) in [5, 5.41) is 9.33. The average molecular weight is 493 g/mol. The first-order valence-electron chi connectivity index (χ1n) is 11.3. The van der Waals surface area contributed by atoms with Gasteiger partial charge in [-0.1, -0.05) is 23.2 Å². The number of carbonyl (C=O) groups is 2. The Balaban J connectivity index is 1.73. The molecule has 0 spiro atoms. The topological polar surface area (TPSA) is 82.7 Å². The molecule has 1 heterocycles. The summed E-state index contributed by atoms with van der Waals surface area (Å²) >= 11 is 12.0. The number of nitrogens with one attached hydrogen (secondary N) is 3. The van der Waals surface area contributed by atoms with Crippen molar-refractivity contribution in [2.45, 2.75) is 32.6 Å². The molecule has 1 saturated heterocycles. The third-order valence-electron chi connectivity index (χ3n) is 5.34. The Morgan fingerprint density at radius 2 is 1.79 bits per heavy atom. The number of amides is 3. The quantitative estimate of drug-likeness (QED) is 0.387. The summed E-state index contributed by atoms with van der Waals surface area (Å²) in [7, 11) is 0. The molecule has 1 aliphatic heterocycles. The molecule has 1 fully saturated rings. The number of nitrogens with zero attached hydrogens (tertiary/aromatic N) is 1. The first-order chi connectivity index (χ1) is 16.0. The maximum absolute atomic E-state index is 12.7. The van der Waals surface area contributed by atoms with Gasteiger partial charge in [0, 0.05) is 44.1 Å². The number of benzene rings is 2. The Morgan fingerprint density at radius 1 is 1.00 bits per heavy atom. The number of rotatable bonds is 9. The fourth-order valence-electron chi connectivity index (χ4n) is 3.67. The van der Waals surface area contributed by atoms with E-state index in [1.165, 1.54) is 6.42 Å². The van der Waals surface area contributed by atoms with E-state index in [0.717, 1.165) is 38.0 Å². The predicted molar refractivity (Wildman–Crippen MR) is 135 cm³/mol. The van der Waals surface area contributed by atoms with Crippen LogP contribution in [0.1, 0.15) is 43.0 Å². The van der Waals surface area contributed by atoms with Crippen LogP contribution in [0.5, 0.6) is 0 Å². The van der Waals surface area contributed by atoms with Crippen LogP contribution < -0.4 is 20.9 Å². The smallest absolute Gasteiger partial charge is 0.323 e. The summed E-state index contributed by atoms with van der Waals surface area (Å²) in [6.45, 7) is 5.54. The van der Waals surface area contributed by atoms with Crippen molar-refractivity contribution in [3.8, 4) is 0 Å². The van der Waals surface area contributed by atoms with Gasteiger partial charge in [0.15, 0.2) is 0 Å². The number of halogens is 2. The highest BCUT2D eigenvalue weighted by Gasteiger charge is 2.18. The van der Waals surface area contributed by atoms with Crippen LogP contribution in [0.25, 0.3) is 0 Å². The zero-order valence-corrected chi connectivity index (χ0v) is 20.3. The minimum absolute atomic E-state index is 0.190. The van der Waals surface area contributed by atoms with Gasteiger partial charge in [0.25, 0.3) is 5.91 Å². The number of carbonyl (C=O) groups excluding carboxylic acids is 2. The van der Waals surface area contributed by atoms with Gasteiger partial charge in [-0.2, -0.15) is 0 Å². The highest BCUT2D eigenvalue weighted by Crippen LogP contribution is 2.30. The standard InChI is InChI=1S/C24H30Cl2N4O3/c1-2-33-14-6-11-27-23(31)17-7-10-22(30-12-4-3-5-13-30)21(15-17)29-24(32)28-18-8-9-19(25)20(26)16-18/h7-10,15-16H,2-6,11-14H2,1H3,(H,27,31)(H2,28,29,32). The van der Waals surface area contributed by atoms with Gasteiger partial charge in [0.1, 0.15) is 0 Å². The fourth-order valence-corrected chi connectivity index (χ4v) is 3.97. The van der Waals surface area contributed by atoms with Crippen LogP contribution in [-0.4, -0.2) is 44.8 Å². The highest BCUT2D eigenvalue weighted by molar-refractivity contribution is 6.42. The van der Waals surface area contributed by atoms with E-state index in [4.69, 9.17) is 27.9 Å². The monoisotopic (exact) mass is 492 g/mol. The molecule has 2 aromatic rings. The van der Waals surface area contributed by atoms with E-state index in [1.807, 2.05) is 13.0 Å². The molecular formula is C24H30Cl2N4O3. The molecule has 0 saturated carbocycles. The summed E-state index contributed by atoms with van der Waals surface area (Å²) in [5.74, 6) is -0.190. The maximum Gasteiger partial charge on any atom is 0.323 e. The summed E-state index contributed by atoms with van der Waals surface area (Å²) in [5.41, 5.74) is 2.48. The van der Waals surface area contributed by atoms with Gasteiger partial charge in [-0.3, -0.25) is 4.79 Å². The van der Waals surface area contributed by atoms with E-state index in [1.54, 1.807) is 30.3 Å². The van der Waals surface area contributed by atoms with Crippen molar-refractivity contribution in [3.63, 3.8) is 0 Å². The molecule has 0 unspecified atom stereocenters. The van der Waals surface area contributed by atoms with E-state index in [2.05, 4.69) is 20.9 Å². The van der Waals surface area contributed by atoms with Crippen molar-refractivity contribution in [2.75, 3.05) is 48.4 Å². The van der Waals surface area contributed by atoms with Crippen LogP contribution in [0.15, 0.2) is 36.4 Å². The Hall–Kier alpha value is -2.48. The lowest BCUT2D eigenvalue weighted by Crippen LogP contribution is -2.31. The van der Waals surface area contributed by atoms with E-state index in [0.29, 0.717) is 46.7 Å². The molecule has 0 bridgehead atoms. The number of hydrogen-bond donors (Lipinski definition) is 3. The zero-order chi connectivity index (χ0) is 23.6. The molecule has 1 aliphatic rings. The van der Waals surface area contributed by atoms with Gasteiger partial charge in [-0.15, -0.1) is 0 Å². The Kier molecular flexibility index (Phi) is 9.66. The molecule has 2 aromatic carbocycles. The first kappa shape index (κ1) is 25.1. The van der Waals surface area contributed by atoms with E-state index in [9.17, 15) is 9.59 Å². The predicted octanol–water partition coefficient (Wildman–Crippen LogP) is 5.78. The van der Waals surface area contributed by atoms with E-state index in [-0.39, 0.29) is 5.91 Å². The molecule has 0 radical (unpaired) electrons. The van der Waals surface area contributed by atoms with Crippen LogP contribution in [0, 0.1) is 0 Å². The molecule has 3 rings (SSSR count). The number of piperidine rings is 1. The SMILES string of the molecule is CCOCCCNC(=O)c1ccc(N2CCCCC2)c(NC(=O)Nc2ccc(Cl)c(Cl)c2)c1. The second-order valence-corrected chi connectivity index (χ2v) is 8.61. The van der Waals surface area contributed by atoms with Gasteiger partial charge in [-0.25, -0.2) is 4.79 Å². The summed E-state index contributed by atoms with van der Waals surface area (Å²) < 4.78 is 5.30. The fraction of sp³-hybridized carbons (Fsp3) is 0.417. The lowest BCUT2D eigenvalue weighted by Gasteiger charge is -2.30. The normalized spacial score (nSPS) is 13.5. The largest absolute Gasteiger partial charge is 0.382 e. The lowest BCUT2D eigenvalue weighted by molar-refractivity contribution is 0.0944. The van der Waals surface area contributed by atoms with Gasteiger partial charge >= 0.3 is 6.03 Å². The second-order valence-electron chi connectivity index (χ2n) is 7.79. The van der Waals surface area contributed by atoms with Crippen LogP contribution in [0.2, 0.25) is 10.0 Å². The number of anilines is 3. The molecule has 3 N–H and O–H groups in total. The molecule has 178 valence electrons. The third-order valence-corrected chi connectivity index (χ3v) is 6.08. The second kappa shape index (κ2) is 12.7. The minimum Gasteiger partial charge on any atom is -0.382 e. The van der Waals surface area contributed by atoms with Crippen molar-refractivity contribution < 1.29 is 14.3 Å². The van der Waals surface area contributed by atoms with Crippen LogP contribution in [0.3, 0.4) is 0 Å². The van der Waals surface area contributed by atoms with Crippen molar-refractivity contribution >= 4 is 52.2 Å². The molecule has 3 amide bonds. The van der Waals surface area contributed by atoms with Gasteiger partial charge in [0.05, 0.1) is 21.4 Å². The molecule has 0 aliphatic carbocycles. The number of urea groups is 1. The Labute approximate surface area is 204 Å². The van der Waals surface area contributed by atoms with Crippen LogP contribution >= 0.6 is 23.2 Å². The molecule has 33 heavy (non-hydrogen) atoms. The molecule has 7 nitrogen and oxygen atoms in total. The van der Waals surface area contributed by atoms with E-state index >= 15 is 0 Å².